The van der Waals surface area contributed by atoms with Crippen LogP contribution in [0.3, 0.4) is 0 Å². The molecule has 5 nitrogen and oxygen atoms in total. The molecule has 0 radical (unpaired) electrons. The molecule has 0 atom stereocenters. The molecule has 1 N–H and O–H groups in total. The number of halogens is 1. The van der Waals surface area contributed by atoms with Crippen LogP contribution in [0, 0.1) is 0 Å². The molecule has 0 saturated carbocycles. The van der Waals surface area contributed by atoms with Gasteiger partial charge in [-0.2, -0.15) is 0 Å². The van der Waals surface area contributed by atoms with Gasteiger partial charge in [-0.05, 0) is 32.0 Å². The van der Waals surface area contributed by atoms with Crippen molar-refractivity contribution in [3.63, 3.8) is 0 Å². The first-order valence-corrected chi connectivity index (χ1v) is 6.01. The molecule has 6 heteroatoms. The number of aromatic carboxylic acids is 1. The molecule has 100 valence electrons. The first kappa shape index (κ1) is 13.4. The summed E-state index contributed by atoms with van der Waals surface area (Å²) >= 11 is 6.09. The highest BCUT2D eigenvalue weighted by Crippen LogP contribution is 2.31. The van der Waals surface area contributed by atoms with Gasteiger partial charge in [0.15, 0.2) is 11.5 Å². The zero-order valence-electron chi connectivity index (χ0n) is 10.4. The Balaban J connectivity index is 2.30. The summed E-state index contributed by atoms with van der Waals surface area (Å²) in [5.41, 5.74) is 0.495. The van der Waals surface area contributed by atoms with E-state index < -0.39 is 5.97 Å². The van der Waals surface area contributed by atoms with Gasteiger partial charge in [0.2, 0.25) is 0 Å². The Morgan fingerprint density at radius 2 is 2.16 bits per heavy atom. The van der Waals surface area contributed by atoms with Crippen LogP contribution in [0.5, 0.6) is 5.75 Å². The van der Waals surface area contributed by atoms with E-state index in [0.717, 1.165) is 0 Å². The maximum atomic E-state index is 10.7. The molecule has 2 rings (SSSR count). The third-order valence-corrected chi connectivity index (χ3v) is 2.60. The Morgan fingerprint density at radius 3 is 2.68 bits per heavy atom. The number of aromatic nitrogens is 1. The molecule has 0 bridgehead atoms. The molecule has 0 fully saturated rings. The molecule has 0 aliphatic rings. The Morgan fingerprint density at radius 1 is 1.42 bits per heavy atom. The zero-order valence-corrected chi connectivity index (χ0v) is 11.1. The molecule has 2 aromatic rings. The molecule has 0 aliphatic heterocycles. The summed E-state index contributed by atoms with van der Waals surface area (Å²) in [6.45, 7) is 3.81. The summed E-state index contributed by atoms with van der Waals surface area (Å²) in [7, 11) is 0. The average Bonchev–Trinajstić information content (AvgIpc) is 2.80. The maximum Gasteiger partial charge on any atom is 0.358 e. The summed E-state index contributed by atoms with van der Waals surface area (Å²) in [6, 6.07) is 6.43. The van der Waals surface area contributed by atoms with E-state index >= 15 is 0 Å². The van der Waals surface area contributed by atoms with Gasteiger partial charge in [-0.25, -0.2) is 4.79 Å². The highest BCUT2D eigenvalue weighted by atomic mass is 35.5. The fraction of sp³-hybridized carbons (Fsp3) is 0.231. The second-order valence-corrected chi connectivity index (χ2v) is 4.60. The summed E-state index contributed by atoms with van der Waals surface area (Å²) in [5, 5.41) is 12.6. The summed E-state index contributed by atoms with van der Waals surface area (Å²) in [5.74, 6) is -0.227. The zero-order chi connectivity index (χ0) is 14.0. The molecule has 0 spiro atoms. The van der Waals surface area contributed by atoms with Gasteiger partial charge in [-0.1, -0.05) is 16.8 Å². The number of carbonyl (C=O) groups is 1. The van der Waals surface area contributed by atoms with Crippen molar-refractivity contribution >= 4 is 17.6 Å². The summed E-state index contributed by atoms with van der Waals surface area (Å²) in [6.07, 6.45) is 0.0206. The van der Waals surface area contributed by atoms with E-state index in [1.165, 1.54) is 6.07 Å². The molecular weight excluding hydrogens is 270 g/mol. The molecule has 19 heavy (non-hydrogen) atoms. The monoisotopic (exact) mass is 281 g/mol. The van der Waals surface area contributed by atoms with Gasteiger partial charge in [0.1, 0.15) is 5.75 Å². The molecule has 1 heterocycles. The van der Waals surface area contributed by atoms with Crippen molar-refractivity contribution < 1.29 is 19.2 Å². The fourth-order valence-electron chi connectivity index (χ4n) is 1.52. The molecule has 1 aromatic carbocycles. The van der Waals surface area contributed by atoms with Crippen LogP contribution >= 0.6 is 11.6 Å². The Kier molecular flexibility index (Phi) is 3.76. The van der Waals surface area contributed by atoms with Crippen LogP contribution in [0.25, 0.3) is 11.3 Å². The van der Waals surface area contributed by atoms with Crippen molar-refractivity contribution in [2.75, 3.05) is 0 Å². The highest BCUT2D eigenvalue weighted by molar-refractivity contribution is 6.32. The number of carboxylic acid groups (broad SMARTS) is 1. The van der Waals surface area contributed by atoms with Gasteiger partial charge in [0.25, 0.3) is 0 Å². The Bertz CT molecular complexity index is 606. The third kappa shape index (κ3) is 3.06. The SMILES string of the molecule is CC(C)Oc1ccc(-c2cc(C(=O)O)no2)cc1Cl. The van der Waals surface area contributed by atoms with Gasteiger partial charge >= 0.3 is 5.97 Å². The number of nitrogens with zero attached hydrogens (tertiary/aromatic N) is 1. The predicted octanol–water partition coefficient (Wildman–Crippen LogP) is 3.48. The number of carboxylic acids is 1. The molecule has 0 unspecified atom stereocenters. The van der Waals surface area contributed by atoms with Crippen LogP contribution in [0.4, 0.5) is 0 Å². The Labute approximate surface area is 114 Å². The molecule has 0 saturated heterocycles. The van der Waals surface area contributed by atoms with Crippen molar-refractivity contribution in [1.82, 2.24) is 5.16 Å². The van der Waals surface area contributed by atoms with Gasteiger partial charge in [-0.3, -0.25) is 0 Å². The number of benzene rings is 1. The lowest BCUT2D eigenvalue weighted by molar-refractivity contribution is 0.0686. The molecule has 0 amide bonds. The van der Waals surface area contributed by atoms with E-state index in [4.69, 9.17) is 26.0 Å². The Hall–Kier alpha value is -2.01. The van der Waals surface area contributed by atoms with Crippen molar-refractivity contribution in [2.45, 2.75) is 20.0 Å². The standard InChI is InChI=1S/C13H12ClNO4/c1-7(2)18-11-4-3-8(5-9(11)14)12-6-10(13(16)17)15-19-12/h3-7H,1-2H3,(H,16,17). The number of hydrogen-bond acceptors (Lipinski definition) is 4. The quantitative estimate of drug-likeness (QED) is 0.929. The predicted molar refractivity (Wildman–Crippen MR) is 69.7 cm³/mol. The van der Waals surface area contributed by atoms with Crippen molar-refractivity contribution in [1.29, 1.82) is 0 Å². The van der Waals surface area contributed by atoms with Crippen LogP contribution in [-0.2, 0) is 0 Å². The van der Waals surface area contributed by atoms with Crippen molar-refractivity contribution in [2.24, 2.45) is 0 Å². The van der Waals surface area contributed by atoms with E-state index in [2.05, 4.69) is 5.16 Å². The second-order valence-electron chi connectivity index (χ2n) is 4.19. The average molecular weight is 282 g/mol. The van der Waals surface area contributed by atoms with E-state index in [9.17, 15) is 4.79 Å². The van der Waals surface area contributed by atoms with Crippen LogP contribution in [0.15, 0.2) is 28.8 Å². The van der Waals surface area contributed by atoms with Crippen molar-refractivity contribution in [3.05, 3.63) is 35.0 Å². The minimum Gasteiger partial charge on any atom is -0.489 e. The minimum atomic E-state index is -1.14. The van der Waals surface area contributed by atoms with E-state index in [1.807, 2.05) is 13.8 Å². The van der Waals surface area contributed by atoms with Gasteiger partial charge in [0.05, 0.1) is 11.1 Å². The molecule has 1 aromatic heterocycles. The topological polar surface area (TPSA) is 72.6 Å². The fourth-order valence-corrected chi connectivity index (χ4v) is 1.74. The third-order valence-electron chi connectivity index (χ3n) is 2.31. The summed E-state index contributed by atoms with van der Waals surface area (Å²) < 4.78 is 10.5. The van der Waals surface area contributed by atoms with Gasteiger partial charge < -0.3 is 14.4 Å². The van der Waals surface area contributed by atoms with E-state index in [0.29, 0.717) is 22.1 Å². The van der Waals surface area contributed by atoms with Gasteiger partial charge in [0, 0.05) is 11.6 Å². The second kappa shape index (κ2) is 5.32. The van der Waals surface area contributed by atoms with Crippen LogP contribution in [0.2, 0.25) is 5.02 Å². The molecule has 0 aliphatic carbocycles. The van der Waals surface area contributed by atoms with Crippen LogP contribution in [0.1, 0.15) is 24.3 Å². The lowest BCUT2D eigenvalue weighted by Gasteiger charge is -2.11. The first-order chi connectivity index (χ1) is 8.97. The van der Waals surface area contributed by atoms with Crippen LogP contribution < -0.4 is 4.74 Å². The lowest BCUT2D eigenvalue weighted by Crippen LogP contribution is -2.05. The molecular formula is C13H12ClNO4. The number of rotatable bonds is 4. The maximum absolute atomic E-state index is 10.7. The van der Waals surface area contributed by atoms with E-state index in [1.54, 1.807) is 18.2 Å². The smallest absolute Gasteiger partial charge is 0.358 e. The first-order valence-electron chi connectivity index (χ1n) is 5.64. The van der Waals surface area contributed by atoms with Gasteiger partial charge in [-0.15, -0.1) is 0 Å². The van der Waals surface area contributed by atoms with Crippen molar-refractivity contribution in [3.8, 4) is 17.1 Å². The van der Waals surface area contributed by atoms with E-state index in [-0.39, 0.29) is 11.8 Å². The lowest BCUT2D eigenvalue weighted by atomic mass is 10.1. The highest BCUT2D eigenvalue weighted by Gasteiger charge is 2.13. The van der Waals surface area contributed by atoms with Crippen LogP contribution in [-0.4, -0.2) is 22.3 Å². The largest absolute Gasteiger partial charge is 0.489 e. The number of hydrogen-bond donors (Lipinski definition) is 1. The number of ether oxygens (including phenoxy) is 1. The summed E-state index contributed by atoms with van der Waals surface area (Å²) in [4.78, 5) is 10.7. The normalized spacial score (nSPS) is 10.7. The minimum absolute atomic E-state index is 0.0206.